The molecule has 0 saturated carbocycles. The van der Waals surface area contributed by atoms with Crippen molar-refractivity contribution in [3.8, 4) is 11.5 Å². The minimum Gasteiger partial charge on any atom is -0.486 e. The summed E-state index contributed by atoms with van der Waals surface area (Å²) < 4.78 is 11.1. The van der Waals surface area contributed by atoms with Gasteiger partial charge in [0.1, 0.15) is 13.2 Å². The molecule has 4 nitrogen and oxygen atoms in total. The average Bonchev–Trinajstić information content (AvgIpc) is 2.61. The molecule has 0 radical (unpaired) electrons. The van der Waals surface area contributed by atoms with Crippen LogP contribution < -0.4 is 14.8 Å². The van der Waals surface area contributed by atoms with Gasteiger partial charge in [-0.25, -0.2) is 0 Å². The third kappa shape index (κ3) is 4.75. The predicted octanol–water partition coefficient (Wildman–Crippen LogP) is 3.40. The molecule has 0 aromatic heterocycles. The Hall–Kier alpha value is -1.97. The van der Waals surface area contributed by atoms with E-state index in [2.05, 4.69) is 17.5 Å². The first-order chi connectivity index (χ1) is 11.3. The number of hydrogen-bond donors (Lipinski definition) is 1. The Labute approximate surface area is 137 Å². The van der Waals surface area contributed by atoms with E-state index < -0.39 is 0 Å². The molecule has 1 N–H and O–H groups in total. The van der Waals surface area contributed by atoms with E-state index in [0.717, 1.165) is 43.7 Å². The van der Waals surface area contributed by atoms with Crippen molar-refractivity contribution in [1.82, 2.24) is 5.32 Å². The van der Waals surface area contributed by atoms with Crippen LogP contribution >= 0.6 is 0 Å². The zero-order valence-corrected chi connectivity index (χ0v) is 13.6. The predicted molar refractivity (Wildman–Crippen MR) is 89.9 cm³/mol. The van der Waals surface area contributed by atoms with E-state index in [1.54, 1.807) is 0 Å². The largest absolute Gasteiger partial charge is 0.486 e. The van der Waals surface area contributed by atoms with E-state index >= 15 is 0 Å². The molecule has 0 spiro atoms. The van der Waals surface area contributed by atoms with Crippen LogP contribution in [0.5, 0.6) is 11.5 Å². The number of amides is 1. The summed E-state index contributed by atoms with van der Waals surface area (Å²) in [6.45, 7) is 1.94. The van der Waals surface area contributed by atoms with Gasteiger partial charge in [0.05, 0.1) is 0 Å². The molecule has 3 rings (SSSR count). The summed E-state index contributed by atoms with van der Waals surface area (Å²) in [4.78, 5) is 11.9. The fraction of sp³-hybridized carbons (Fsp3) is 0.526. The van der Waals surface area contributed by atoms with Gasteiger partial charge in [0.2, 0.25) is 5.91 Å². The van der Waals surface area contributed by atoms with Crippen LogP contribution in [0, 0.1) is 0 Å². The van der Waals surface area contributed by atoms with Crippen LogP contribution in [0.15, 0.2) is 29.8 Å². The lowest BCUT2D eigenvalue weighted by Gasteiger charge is -2.18. The summed E-state index contributed by atoms with van der Waals surface area (Å²) in [5, 5.41) is 3.04. The van der Waals surface area contributed by atoms with Crippen molar-refractivity contribution in [3.63, 3.8) is 0 Å². The Morgan fingerprint density at radius 1 is 1.13 bits per heavy atom. The Balaban J connectivity index is 1.38. The summed E-state index contributed by atoms with van der Waals surface area (Å²) >= 11 is 0. The number of carbonyl (C=O) groups excluding carboxylic acids is 1. The number of hydrogen-bond acceptors (Lipinski definition) is 3. The van der Waals surface area contributed by atoms with Gasteiger partial charge in [-0.1, -0.05) is 17.7 Å². The number of allylic oxidation sites excluding steroid dienone is 1. The van der Waals surface area contributed by atoms with Crippen molar-refractivity contribution in [2.45, 2.75) is 44.9 Å². The van der Waals surface area contributed by atoms with E-state index in [1.807, 2.05) is 12.1 Å². The fourth-order valence-corrected chi connectivity index (χ4v) is 3.06. The molecule has 1 aromatic carbocycles. The lowest BCUT2D eigenvalue weighted by atomic mass is 9.99. The molecule has 1 amide bonds. The molecule has 23 heavy (non-hydrogen) atoms. The van der Waals surface area contributed by atoms with Crippen LogP contribution in [0.2, 0.25) is 0 Å². The zero-order valence-electron chi connectivity index (χ0n) is 13.6. The number of nitrogens with one attached hydrogen (secondary N) is 1. The summed E-state index contributed by atoms with van der Waals surface area (Å²) in [6, 6.07) is 6.04. The highest BCUT2D eigenvalue weighted by Crippen LogP contribution is 2.31. The quantitative estimate of drug-likeness (QED) is 0.819. The average molecular weight is 315 g/mol. The maximum Gasteiger partial charge on any atom is 0.220 e. The van der Waals surface area contributed by atoms with Crippen molar-refractivity contribution in [1.29, 1.82) is 0 Å². The highest BCUT2D eigenvalue weighted by Gasteiger charge is 2.12. The molecule has 1 heterocycles. The molecule has 0 fully saturated rings. The Kier molecular flexibility index (Phi) is 5.56. The second-order valence-corrected chi connectivity index (χ2v) is 6.22. The minimum absolute atomic E-state index is 0.147. The summed E-state index contributed by atoms with van der Waals surface area (Å²) in [7, 11) is 0. The van der Waals surface area contributed by atoms with E-state index in [1.165, 1.54) is 24.0 Å². The lowest BCUT2D eigenvalue weighted by molar-refractivity contribution is -0.121. The smallest absolute Gasteiger partial charge is 0.220 e. The molecule has 0 unspecified atom stereocenters. The molecule has 2 aliphatic rings. The fourth-order valence-electron chi connectivity index (χ4n) is 3.06. The molecule has 1 aliphatic heterocycles. The van der Waals surface area contributed by atoms with E-state index in [4.69, 9.17) is 9.47 Å². The number of rotatable bonds is 6. The molecule has 0 atom stereocenters. The van der Waals surface area contributed by atoms with Crippen LogP contribution in [0.25, 0.3) is 0 Å². The molecular formula is C19H25NO3. The molecule has 4 heteroatoms. The van der Waals surface area contributed by atoms with Crippen molar-refractivity contribution in [2.24, 2.45) is 0 Å². The van der Waals surface area contributed by atoms with Crippen molar-refractivity contribution in [3.05, 3.63) is 35.4 Å². The summed E-state index contributed by atoms with van der Waals surface area (Å²) in [5.41, 5.74) is 2.58. The molecule has 1 aliphatic carbocycles. The molecule has 124 valence electrons. The van der Waals surface area contributed by atoms with Crippen molar-refractivity contribution >= 4 is 5.91 Å². The van der Waals surface area contributed by atoms with Crippen LogP contribution in [0.3, 0.4) is 0 Å². The van der Waals surface area contributed by atoms with Crippen LogP contribution in [0.4, 0.5) is 0 Å². The van der Waals surface area contributed by atoms with Gasteiger partial charge in [-0.3, -0.25) is 4.79 Å². The topological polar surface area (TPSA) is 47.6 Å². The Morgan fingerprint density at radius 3 is 2.83 bits per heavy atom. The first-order valence-electron chi connectivity index (χ1n) is 8.64. The van der Waals surface area contributed by atoms with E-state index in [-0.39, 0.29) is 5.91 Å². The lowest BCUT2D eigenvalue weighted by Crippen LogP contribution is -2.25. The van der Waals surface area contributed by atoms with E-state index in [9.17, 15) is 4.79 Å². The third-order valence-electron chi connectivity index (χ3n) is 4.37. The van der Waals surface area contributed by atoms with Gasteiger partial charge in [-0.2, -0.15) is 0 Å². The monoisotopic (exact) mass is 315 g/mol. The first kappa shape index (κ1) is 15.9. The van der Waals surface area contributed by atoms with E-state index in [0.29, 0.717) is 19.6 Å². The molecule has 0 saturated heterocycles. The first-order valence-corrected chi connectivity index (χ1v) is 8.64. The number of aryl methyl sites for hydroxylation is 1. The van der Waals surface area contributed by atoms with Gasteiger partial charge >= 0.3 is 0 Å². The van der Waals surface area contributed by atoms with Crippen molar-refractivity contribution in [2.75, 3.05) is 19.8 Å². The van der Waals surface area contributed by atoms with Crippen LogP contribution in [0.1, 0.15) is 44.1 Å². The third-order valence-corrected chi connectivity index (χ3v) is 4.37. The molecule has 0 bridgehead atoms. The number of carbonyl (C=O) groups is 1. The second-order valence-electron chi connectivity index (χ2n) is 6.22. The highest BCUT2D eigenvalue weighted by atomic mass is 16.6. The van der Waals surface area contributed by atoms with Gasteiger partial charge < -0.3 is 14.8 Å². The van der Waals surface area contributed by atoms with Crippen LogP contribution in [-0.2, 0) is 11.2 Å². The normalized spacial score (nSPS) is 16.6. The Morgan fingerprint density at radius 2 is 2.00 bits per heavy atom. The number of benzene rings is 1. The maximum absolute atomic E-state index is 11.9. The van der Waals surface area contributed by atoms with Gasteiger partial charge in [0.15, 0.2) is 11.5 Å². The molecule has 1 aromatic rings. The van der Waals surface area contributed by atoms with Gasteiger partial charge in [0, 0.05) is 13.0 Å². The highest BCUT2D eigenvalue weighted by molar-refractivity contribution is 5.76. The minimum atomic E-state index is 0.147. The van der Waals surface area contributed by atoms with Gasteiger partial charge in [0.25, 0.3) is 0 Å². The SMILES string of the molecule is O=C(CCCc1ccc2c(c1)OCCO2)NCC1=CCCCC1. The second kappa shape index (κ2) is 8.04. The number of fused-ring (bicyclic) bond motifs is 1. The van der Waals surface area contributed by atoms with Gasteiger partial charge in [-0.15, -0.1) is 0 Å². The zero-order chi connectivity index (χ0) is 15.9. The Bertz CT molecular complexity index is 580. The summed E-state index contributed by atoms with van der Waals surface area (Å²) in [6.07, 6.45) is 9.42. The summed E-state index contributed by atoms with van der Waals surface area (Å²) in [5.74, 6) is 1.79. The molecular weight excluding hydrogens is 290 g/mol. The maximum atomic E-state index is 11.9. The number of ether oxygens (including phenoxy) is 2. The van der Waals surface area contributed by atoms with Crippen molar-refractivity contribution < 1.29 is 14.3 Å². The van der Waals surface area contributed by atoms with Crippen LogP contribution in [-0.4, -0.2) is 25.7 Å². The van der Waals surface area contributed by atoms with Gasteiger partial charge in [-0.05, 0) is 56.2 Å². The standard InChI is InChI=1S/C19H25NO3/c21-19(20-14-16-5-2-1-3-6-16)8-4-7-15-9-10-17-18(13-15)23-12-11-22-17/h5,9-10,13H,1-4,6-8,11-12,14H2,(H,20,21).